The molecule has 0 heterocycles. The molecule has 0 unspecified atom stereocenters. The van der Waals surface area contributed by atoms with Crippen LogP contribution in [0.2, 0.25) is 0 Å². The fraction of sp³-hybridized carbons (Fsp3) is 0.364. The highest BCUT2D eigenvalue weighted by Crippen LogP contribution is 2.40. The molecule has 0 saturated carbocycles. The largest absolute Gasteiger partial charge is 0.545 e. The van der Waals surface area contributed by atoms with Crippen molar-refractivity contribution < 1.29 is 19.8 Å². The van der Waals surface area contributed by atoms with Crippen LogP contribution < -0.4 is 10.2 Å². The summed E-state index contributed by atoms with van der Waals surface area (Å²) in [5.74, 6) is -2.35. The Labute approximate surface area is 154 Å². The maximum absolute atomic E-state index is 11.6. The van der Waals surface area contributed by atoms with Crippen molar-refractivity contribution in [2.75, 3.05) is 0 Å². The summed E-state index contributed by atoms with van der Waals surface area (Å²) in [4.78, 5) is 23.1. The topological polar surface area (TPSA) is 80.3 Å². The molecule has 0 radical (unpaired) electrons. The molecule has 26 heavy (non-hydrogen) atoms. The number of carboxylic acids is 2. The lowest BCUT2D eigenvalue weighted by molar-refractivity contribution is -0.256. The van der Waals surface area contributed by atoms with Gasteiger partial charge in [-0.25, -0.2) is 0 Å². The first kappa shape index (κ1) is 19.7. The van der Waals surface area contributed by atoms with Gasteiger partial charge in [-0.05, 0) is 111 Å². The summed E-state index contributed by atoms with van der Waals surface area (Å²) in [6, 6.07) is 0. The Morgan fingerprint density at radius 3 is 0.808 bits per heavy atom. The molecular weight excluding hydrogens is 328 g/mol. The lowest BCUT2D eigenvalue weighted by Gasteiger charge is -2.26. The predicted octanol–water partition coefficient (Wildman–Crippen LogP) is 2.55. The standard InChI is InChI=1S/C22H26O4/c1-9-13(5)19(21(23)24)14(6)10(2)17(9)18-11(3)15(7)20(22(25)26)16(8)12(18)4/h1-8H3,(H,23,24)(H,25,26)/p-2. The van der Waals surface area contributed by atoms with Crippen molar-refractivity contribution in [2.24, 2.45) is 0 Å². The molecule has 138 valence electrons. The fourth-order valence-corrected chi connectivity index (χ4v) is 3.99. The Kier molecular flexibility index (Phi) is 5.00. The monoisotopic (exact) mass is 352 g/mol. The Hall–Kier alpha value is -2.62. The molecule has 0 aliphatic carbocycles. The quantitative estimate of drug-likeness (QED) is 0.850. The molecule has 2 rings (SSSR count). The van der Waals surface area contributed by atoms with E-state index in [0.717, 1.165) is 33.4 Å². The predicted molar refractivity (Wildman–Crippen MR) is 98.4 cm³/mol. The van der Waals surface area contributed by atoms with E-state index >= 15 is 0 Å². The van der Waals surface area contributed by atoms with Gasteiger partial charge in [0, 0.05) is 11.1 Å². The van der Waals surface area contributed by atoms with Crippen LogP contribution in [0.4, 0.5) is 0 Å². The van der Waals surface area contributed by atoms with Gasteiger partial charge in [-0.1, -0.05) is 0 Å². The molecule has 0 spiro atoms. The van der Waals surface area contributed by atoms with E-state index in [1.165, 1.54) is 0 Å². The molecule has 0 amide bonds. The van der Waals surface area contributed by atoms with Crippen LogP contribution in [0.1, 0.15) is 65.2 Å². The van der Waals surface area contributed by atoms with E-state index in [4.69, 9.17) is 0 Å². The maximum atomic E-state index is 11.6. The van der Waals surface area contributed by atoms with Crippen LogP contribution in [0.3, 0.4) is 0 Å². The molecule has 0 aliphatic heterocycles. The number of carbonyl (C=O) groups excluding carboxylic acids is 2. The molecule has 0 saturated heterocycles. The second kappa shape index (κ2) is 6.60. The molecule has 4 heteroatoms. The van der Waals surface area contributed by atoms with E-state index < -0.39 is 11.9 Å². The van der Waals surface area contributed by atoms with E-state index in [1.807, 2.05) is 27.7 Å². The van der Waals surface area contributed by atoms with E-state index in [9.17, 15) is 19.8 Å². The zero-order chi connectivity index (χ0) is 20.1. The van der Waals surface area contributed by atoms with Crippen molar-refractivity contribution in [2.45, 2.75) is 55.4 Å². The number of benzene rings is 2. The number of hydrogen-bond donors (Lipinski definition) is 0. The summed E-state index contributed by atoms with van der Waals surface area (Å²) in [5, 5.41) is 23.1. The van der Waals surface area contributed by atoms with Crippen LogP contribution in [0.25, 0.3) is 11.1 Å². The first-order chi connectivity index (χ1) is 11.9. The molecule has 0 bridgehead atoms. The van der Waals surface area contributed by atoms with Gasteiger partial charge in [0.15, 0.2) is 0 Å². The third-order valence-corrected chi connectivity index (χ3v) is 5.91. The molecule has 4 nitrogen and oxygen atoms in total. The highest BCUT2D eigenvalue weighted by Gasteiger charge is 2.22. The van der Waals surface area contributed by atoms with Gasteiger partial charge in [0.1, 0.15) is 0 Å². The van der Waals surface area contributed by atoms with E-state index in [2.05, 4.69) is 0 Å². The third kappa shape index (κ3) is 2.70. The van der Waals surface area contributed by atoms with Crippen LogP contribution in [-0.2, 0) is 0 Å². The van der Waals surface area contributed by atoms with Crippen molar-refractivity contribution in [3.8, 4) is 11.1 Å². The second-order valence-corrected chi connectivity index (χ2v) is 7.07. The highest BCUT2D eigenvalue weighted by molar-refractivity contribution is 5.96. The molecule has 2 aromatic carbocycles. The smallest absolute Gasteiger partial charge is 0.0720 e. The second-order valence-electron chi connectivity index (χ2n) is 7.07. The Morgan fingerprint density at radius 2 is 0.654 bits per heavy atom. The normalized spacial score (nSPS) is 10.9. The summed E-state index contributed by atoms with van der Waals surface area (Å²) in [6.45, 7) is 14.8. The van der Waals surface area contributed by atoms with Gasteiger partial charge < -0.3 is 19.8 Å². The van der Waals surface area contributed by atoms with Gasteiger partial charge in [-0.15, -0.1) is 0 Å². The molecule has 0 aromatic heterocycles. The molecular formula is C22H24O4-2. The van der Waals surface area contributed by atoms with Gasteiger partial charge in [0.05, 0.1) is 11.9 Å². The minimum absolute atomic E-state index is 0.235. The van der Waals surface area contributed by atoms with Crippen molar-refractivity contribution in [1.29, 1.82) is 0 Å². The average Bonchev–Trinajstić information content (AvgIpc) is 2.54. The molecule has 0 aliphatic rings. The van der Waals surface area contributed by atoms with Crippen molar-refractivity contribution in [1.82, 2.24) is 0 Å². The maximum Gasteiger partial charge on any atom is 0.0720 e. The minimum atomic E-state index is -1.18. The van der Waals surface area contributed by atoms with E-state index in [1.54, 1.807) is 27.7 Å². The number of hydrogen-bond acceptors (Lipinski definition) is 4. The summed E-state index contributed by atoms with van der Waals surface area (Å²) < 4.78 is 0. The van der Waals surface area contributed by atoms with Gasteiger partial charge in [-0.3, -0.25) is 0 Å². The highest BCUT2D eigenvalue weighted by atomic mass is 16.4. The van der Waals surface area contributed by atoms with Gasteiger partial charge in [-0.2, -0.15) is 0 Å². The van der Waals surface area contributed by atoms with Gasteiger partial charge in [0.2, 0.25) is 0 Å². The summed E-state index contributed by atoms with van der Waals surface area (Å²) in [5.41, 5.74) is 8.63. The SMILES string of the molecule is Cc1c(C)c(-c2c(C)c(C)c(C(=O)[O-])c(C)c2C)c(C)c(C)c1C(=O)[O-]. The fourth-order valence-electron chi connectivity index (χ4n) is 3.99. The summed E-state index contributed by atoms with van der Waals surface area (Å²) in [7, 11) is 0. The Morgan fingerprint density at radius 1 is 0.462 bits per heavy atom. The lowest BCUT2D eigenvalue weighted by atomic mass is 9.79. The summed E-state index contributed by atoms with van der Waals surface area (Å²) >= 11 is 0. The summed E-state index contributed by atoms with van der Waals surface area (Å²) in [6.07, 6.45) is 0. The molecule has 2 aromatic rings. The van der Waals surface area contributed by atoms with Gasteiger partial charge in [0.25, 0.3) is 0 Å². The van der Waals surface area contributed by atoms with Crippen molar-refractivity contribution in [3.63, 3.8) is 0 Å². The van der Waals surface area contributed by atoms with Crippen molar-refractivity contribution >= 4 is 11.9 Å². The Bertz CT molecular complexity index is 828. The van der Waals surface area contributed by atoms with Crippen LogP contribution in [0.15, 0.2) is 0 Å². The molecule has 0 N–H and O–H groups in total. The number of rotatable bonds is 3. The van der Waals surface area contributed by atoms with Crippen molar-refractivity contribution in [3.05, 3.63) is 55.6 Å². The Balaban J connectivity index is 3.05. The van der Waals surface area contributed by atoms with Crippen LogP contribution >= 0.6 is 0 Å². The van der Waals surface area contributed by atoms with Crippen LogP contribution in [-0.4, -0.2) is 11.9 Å². The number of carboxylic acid groups (broad SMARTS) is 2. The number of carbonyl (C=O) groups is 2. The van der Waals surface area contributed by atoms with Gasteiger partial charge >= 0.3 is 0 Å². The van der Waals surface area contributed by atoms with Crippen LogP contribution in [0.5, 0.6) is 0 Å². The minimum Gasteiger partial charge on any atom is -0.545 e. The first-order valence-electron chi connectivity index (χ1n) is 8.57. The lowest BCUT2D eigenvalue weighted by Crippen LogP contribution is -2.26. The average molecular weight is 352 g/mol. The zero-order valence-corrected chi connectivity index (χ0v) is 16.6. The van der Waals surface area contributed by atoms with Crippen LogP contribution in [0, 0.1) is 55.4 Å². The zero-order valence-electron chi connectivity index (χ0n) is 16.6. The molecule has 0 atom stereocenters. The number of aromatic carboxylic acids is 2. The van der Waals surface area contributed by atoms with E-state index in [-0.39, 0.29) is 11.1 Å². The molecule has 0 fully saturated rings. The first-order valence-corrected chi connectivity index (χ1v) is 8.57. The third-order valence-electron chi connectivity index (χ3n) is 5.91. The van der Waals surface area contributed by atoms with E-state index in [0.29, 0.717) is 22.3 Å².